The normalized spacial score (nSPS) is 21.9. The van der Waals surface area contributed by atoms with Gasteiger partial charge < -0.3 is 20.5 Å². The monoisotopic (exact) mass is 501 g/mol. The minimum absolute atomic E-state index is 0.0929. The van der Waals surface area contributed by atoms with E-state index >= 15 is 0 Å². The van der Waals surface area contributed by atoms with Gasteiger partial charge in [0.2, 0.25) is 11.8 Å². The summed E-state index contributed by atoms with van der Waals surface area (Å²) in [6, 6.07) is 4.94. The van der Waals surface area contributed by atoms with Crippen LogP contribution in [0.25, 0.3) is 11.0 Å². The summed E-state index contributed by atoms with van der Waals surface area (Å²) in [7, 11) is 0. The molecule has 3 aromatic heterocycles. The third kappa shape index (κ3) is 3.65. The molecular formula is C20H20BrN7O2S. The van der Waals surface area contributed by atoms with Crippen LogP contribution in [0.5, 0.6) is 0 Å². The lowest BCUT2D eigenvalue weighted by molar-refractivity contribution is -0.138. The molecular weight excluding hydrogens is 482 g/mol. The van der Waals surface area contributed by atoms with Crippen molar-refractivity contribution in [3.8, 4) is 0 Å². The number of hydrogen-bond donors (Lipinski definition) is 2. The second kappa shape index (κ2) is 7.79. The van der Waals surface area contributed by atoms with Crippen LogP contribution in [-0.2, 0) is 16.1 Å². The molecule has 4 heterocycles. The van der Waals surface area contributed by atoms with Crippen LogP contribution in [0.4, 0.5) is 11.6 Å². The predicted molar refractivity (Wildman–Crippen MR) is 121 cm³/mol. The molecule has 2 amide bonds. The van der Waals surface area contributed by atoms with E-state index in [9.17, 15) is 9.59 Å². The first-order valence-corrected chi connectivity index (χ1v) is 11.9. The number of nitrogen functional groups attached to an aromatic ring is 1. The molecule has 1 saturated carbocycles. The van der Waals surface area contributed by atoms with E-state index in [1.807, 2.05) is 12.5 Å². The number of pyridine rings is 1. The number of piperidine rings is 1. The lowest BCUT2D eigenvalue weighted by Gasteiger charge is -2.27. The number of likely N-dealkylation sites (tertiary alicyclic amines) is 1. The van der Waals surface area contributed by atoms with Gasteiger partial charge in [-0.25, -0.2) is 15.0 Å². The second-order valence-electron chi connectivity index (χ2n) is 7.73. The summed E-state index contributed by atoms with van der Waals surface area (Å²) in [5.74, 6) is 0.925. The Hall–Kier alpha value is -2.66. The minimum atomic E-state index is -0.501. The molecule has 3 aromatic rings. The van der Waals surface area contributed by atoms with Crippen LogP contribution >= 0.6 is 27.7 Å². The highest BCUT2D eigenvalue weighted by atomic mass is 79.9. The van der Waals surface area contributed by atoms with Crippen molar-refractivity contribution in [3.05, 3.63) is 35.3 Å². The number of hydrogen-bond acceptors (Lipinski definition) is 7. The van der Waals surface area contributed by atoms with Crippen molar-refractivity contribution in [1.82, 2.24) is 24.4 Å². The maximum absolute atomic E-state index is 13.3. The molecule has 2 aliphatic rings. The number of fused-ring (bicyclic) bond motifs is 2. The Bertz CT molecular complexity index is 1200. The van der Waals surface area contributed by atoms with Crippen molar-refractivity contribution in [1.29, 1.82) is 0 Å². The zero-order valence-electron chi connectivity index (χ0n) is 16.7. The minimum Gasteiger partial charge on any atom is -0.383 e. The van der Waals surface area contributed by atoms with E-state index in [4.69, 9.17) is 5.73 Å². The van der Waals surface area contributed by atoms with Crippen molar-refractivity contribution < 1.29 is 9.59 Å². The Kier molecular flexibility index (Phi) is 5.09. The quantitative estimate of drug-likeness (QED) is 0.407. The lowest BCUT2D eigenvalue weighted by atomic mass is 10.1. The molecule has 11 heteroatoms. The number of carbonyl (C=O) groups excluding carboxylic acids is 2. The third-order valence-electron chi connectivity index (χ3n) is 5.84. The van der Waals surface area contributed by atoms with Crippen molar-refractivity contribution in [2.24, 2.45) is 5.92 Å². The number of anilines is 2. The summed E-state index contributed by atoms with van der Waals surface area (Å²) in [4.78, 5) is 41.6. The van der Waals surface area contributed by atoms with Crippen molar-refractivity contribution >= 4 is 62.2 Å². The molecule has 2 fully saturated rings. The number of nitrogens with zero attached hydrogens (tertiary/aromatic N) is 5. The average molecular weight is 502 g/mol. The summed E-state index contributed by atoms with van der Waals surface area (Å²) in [5, 5.41) is 3.60. The molecule has 0 bridgehead atoms. The first kappa shape index (κ1) is 20.3. The Balaban J connectivity index is 1.38. The molecule has 3 N–H and O–H groups in total. The molecule has 9 nitrogen and oxygen atoms in total. The van der Waals surface area contributed by atoms with Gasteiger partial charge in [0, 0.05) is 17.1 Å². The summed E-state index contributed by atoms with van der Waals surface area (Å²) in [5.41, 5.74) is 6.66. The lowest BCUT2D eigenvalue weighted by Crippen LogP contribution is -2.46. The van der Waals surface area contributed by atoms with Gasteiger partial charge in [-0.15, -0.1) is 11.8 Å². The number of nitrogens with two attached hydrogens (primary N) is 1. The van der Waals surface area contributed by atoms with Crippen molar-refractivity contribution in [2.45, 2.75) is 36.4 Å². The zero-order valence-corrected chi connectivity index (χ0v) is 19.1. The maximum atomic E-state index is 13.3. The molecule has 0 spiro atoms. The molecule has 160 valence electrons. The van der Waals surface area contributed by atoms with Gasteiger partial charge in [-0.2, -0.15) is 0 Å². The average Bonchev–Trinajstić information content (AvgIpc) is 3.24. The van der Waals surface area contributed by atoms with Gasteiger partial charge in [-0.05, 0) is 53.1 Å². The number of aromatic nitrogens is 4. The molecule has 1 aliphatic carbocycles. The first-order valence-electron chi connectivity index (χ1n) is 9.84. The summed E-state index contributed by atoms with van der Waals surface area (Å²) < 4.78 is 2.43. The van der Waals surface area contributed by atoms with Crippen LogP contribution in [0.3, 0.4) is 0 Å². The van der Waals surface area contributed by atoms with Crippen LogP contribution in [0.15, 0.2) is 40.2 Å². The molecule has 31 heavy (non-hydrogen) atoms. The molecule has 1 saturated heterocycles. The SMILES string of the molecule is CSc1cn(CC(=O)N2[C@@H]3C[C@@H]3C[C@H]2C(=O)Nc2cccc(Br)n2)c2ncnc(N)c12. The molecule has 0 unspecified atom stereocenters. The maximum Gasteiger partial charge on any atom is 0.248 e. The van der Waals surface area contributed by atoms with Crippen LogP contribution < -0.4 is 11.1 Å². The predicted octanol–water partition coefficient (Wildman–Crippen LogP) is 2.52. The van der Waals surface area contributed by atoms with Crippen molar-refractivity contribution in [2.75, 3.05) is 17.3 Å². The van der Waals surface area contributed by atoms with E-state index in [-0.39, 0.29) is 24.4 Å². The third-order valence-corrected chi connectivity index (χ3v) is 7.03. The number of carbonyl (C=O) groups is 2. The van der Waals surface area contributed by atoms with Gasteiger partial charge in [0.25, 0.3) is 0 Å². The number of nitrogens with one attached hydrogen (secondary N) is 1. The van der Waals surface area contributed by atoms with E-state index in [0.29, 0.717) is 34.2 Å². The fourth-order valence-corrected chi connectivity index (χ4v) is 5.33. The fourth-order valence-electron chi connectivity index (χ4n) is 4.35. The van der Waals surface area contributed by atoms with E-state index in [0.717, 1.165) is 16.7 Å². The number of halogens is 1. The fraction of sp³-hybridized carbons (Fsp3) is 0.350. The van der Waals surface area contributed by atoms with Gasteiger partial charge in [0.1, 0.15) is 40.8 Å². The molecule has 1 aliphatic heterocycles. The van der Waals surface area contributed by atoms with Crippen LogP contribution in [0.1, 0.15) is 12.8 Å². The van der Waals surface area contributed by atoms with Gasteiger partial charge in [0.05, 0.1) is 5.39 Å². The molecule has 5 rings (SSSR count). The Morgan fingerprint density at radius 1 is 1.32 bits per heavy atom. The Morgan fingerprint density at radius 2 is 2.16 bits per heavy atom. The van der Waals surface area contributed by atoms with Crippen molar-refractivity contribution in [3.63, 3.8) is 0 Å². The summed E-state index contributed by atoms with van der Waals surface area (Å²) in [6.45, 7) is 0.0929. The highest BCUT2D eigenvalue weighted by Crippen LogP contribution is 2.48. The molecule has 0 aromatic carbocycles. The number of amides is 2. The highest BCUT2D eigenvalue weighted by molar-refractivity contribution is 9.10. The van der Waals surface area contributed by atoms with E-state index in [1.165, 1.54) is 18.1 Å². The van der Waals surface area contributed by atoms with Crippen LogP contribution in [0, 0.1) is 5.92 Å². The van der Waals surface area contributed by atoms with Gasteiger partial charge in [0.15, 0.2) is 0 Å². The highest BCUT2D eigenvalue weighted by Gasteiger charge is 2.56. The molecule has 0 radical (unpaired) electrons. The number of thioether (sulfide) groups is 1. The van der Waals surface area contributed by atoms with Gasteiger partial charge in [-0.3, -0.25) is 9.59 Å². The topological polar surface area (TPSA) is 119 Å². The largest absolute Gasteiger partial charge is 0.383 e. The van der Waals surface area contributed by atoms with Crippen LogP contribution in [-0.4, -0.2) is 54.6 Å². The number of rotatable bonds is 5. The Morgan fingerprint density at radius 3 is 2.94 bits per heavy atom. The second-order valence-corrected chi connectivity index (χ2v) is 9.39. The van der Waals surface area contributed by atoms with Gasteiger partial charge in [-0.1, -0.05) is 6.07 Å². The standard InChI is InChI=1S/C20H20BrN7O2S/c1-31-13-7-27(19-17(13)18(22)23-9-24-19)8-16(29)28-11-5-10(11)6-12(28)20(30)26-15-4-2-3-14(21)25-15/h2-4,7,9-12H,5-6,8H2,1H3,(H2,22,23,24)(H,25,26,30)/t10-,11-,12+/m1/s1. The Labute approximate surface area is 190 Å². The summed E-state index contributed by atoms with van der Waals surface area (Å²) >= 11 is 4.83. The van der Waals surface area contributed by atoms with Gasteiger partial charge >= 0.3 is 0 Å². The zero-order chi connectivity index (χ0) is 21.7. The summed E-state index contributed by atoms with van der Waals surface area (Å²) in [6.07, 6.45) is 6.84. The van der Waals surface area contributed by atoms with E-state index < -0.39 is 6.04 Å². The molecule has 3 atom stereocenters. The van der Waals surface area contributed by atoms with E-state index in [1.54, 1.807) is 27.7 Å². The van der Waals surface area contributed by atoms with Crippen LogP contribution in [0.2, 0.25) is 0 Å². The van der Waals surface area contributed by atoms with E-state index in [2.05, 4.69) is 36.2 Å². The smallest absolute Gasteiger partial charge is 0.248 e. The first-order chi connectivity index (χ1) is 15.0.